The topological polar surface area (TPSA) is 74.2 Å². The van der Waals surface area contributed by atoms with Gasteiger partial charge in [0.2, 0.25) is 11.7 Å². The van der Waals surface area contributed by atoms with E-state index in [1.54, 1.807) is 19.2 Å². The molecule has 5 nitrogen and oxygen atoms in total. The SMILES string of the molecule is CCC(CC)(CN)c1nc(-c2ccc(Cl)cc2OC)no1. The molecule has 0 aliphatic carbocycles. The van der Waals surface area contributed by atoms with Crippen LogP contribution in [0.3, 0.4) is 0 Å². The molecule has 2 rings (SSSR count). The second kappa shape index (κ2) is 6.45. The summed E-state index contributed by atoms with van der Waals surface area (Å²) in [4.78, 5) is 4.52. The molecular formula is C15H20ClN3O2. The monoisotopic (exact) mass is 309 g/mol. The Morgan fingerprint density at radius 1 is 1.33 bits per heavy atom. The first kappa shape index (κ1) is 15.8. The van der Waals surface area contributed by atoms with Crippen molar-refractivity contribution in [2.45, 2.75) is 32.1 Å². The van der Waals surface area contributed by atoms with Crippen LogP contribution in [-0.4, -0.2) is 23.8 Å². The Hall–Kier alpha value is -1.59. The first-order chi connectivity index (χ1) is 10.1. The van der Waals surface area contributed by atoms with Gasteiger partial charge in [-0.25, -0.2) is 0 Å². The van der Waals surface area contributed by atoms with Crippen LogP contribution in [-0.2, 0) is 5.41 Å². The smallest absolute Gasteiger partial charge is 0.234 e. The molecule has 1 aromatic heterocycles. The lowest BCUT2D eigenvalue weighted by Crippen LogP contribution is -2.34. The van der Waals surface area contributed by atoms with E-state index in [4.69, 9.17) is 26.6 Å². The zero-order chi connectivity index (χ0) is 15.5. The molecular weight excluding hydrogens is 290 g/mol. The highest BCUT2D eigenvalue weighted by atomic mass is 35.5. The third kappa shape index (κ3) is 2.89. The highest BCUT2D eigenvalue weighted by Gasteiger charge is 2.33. The Morgan fingerprint density at radius 2 is 2.05 bits per heavy atom. The number of benzene rings is 1. The quantitative estimate of drug-likeness (QED) is 0.885. The fourth-order valence-electron chi connectivity index (χ4n) is 2.33. The Kier molecular flexibility index (Phi) is 4.85. The summed E-state index contributed by atoms with van der Waals surface area (Å²) >= 11 is 5.97. The number of methoxy groups -OCH3 is 1. The molecule has 0 saturated carbocycles. The maximum atomic E-state index is 5.97. The van der Waals surface area contributed by atoms with Crippen LogP contribution in [0.4, 0.5) is 0 Å². The molecule has 0 unspecified atom stereocenters. The Labute approximate surface area is 129 Å². The highest BCUT2D eigenvalue weighted by molar-refractivity contribution is 6.30. The van der Waals surface area contributed by atoms with Crippen molar-refractivity contribution in [2.75, 3.05) is 13.7 Å². The van der Waals surface area contributed by atoms with E-state index in [1.807, 2.05) is 6.07 Å². The van der Waals surface area contributed by atoms with Gasteiger partial charge in [0.15, 0.2) is 0 Å². The molecule has 0 atom stereocenters. The summed E-state index contributed by atoms with van der Waals surface area (Å²) in [5.74, 6) is 1.67. The molecule has 0 spiro atoms. The average molecular weight is 310 g/mol. The second-order valence-electron chi connectivity index (χ2n) is 4.96. The van der Waals surface area contributed by atoms with Gasteiger partial charge < -0.3 is 15.0 Å². The summed E-state index contributed by atoms with van der Waals surface area (Å²) in [7, 11) is 1.58. The molecule has 0 bridgehead atoms. The number of aromatic nitrogens is 2. The molecule has 0 fully saturated rings. The van der Waals surface area contributed by atoms with Crippen LogP contribution in [0.5, 0.6) is 5.75 Å². The molecule has 6 heteroatoms. The van der Waals surface area contributed by atoms with E-state index in [9.17, 15) is 0 Å². The van der Waals surface area contributed by atoms with E-state index in [0.29, 0.717) is 29.0 Å². The molecule has 0 radical (unpaired) electrons. The van der Waals surface area contributed by atoms with Gasteiger partial charge in [-0.05, 0) is 31.0 Å². The third-order valence-corrected chi connectivity index (χ3v) is 4.26. The summed E-state index contributed by atoms with van der Waals surface area (Å²) in [5.41, 5.74) is 6.39. The number of halogens is 1. The number of ether oxygens (including phenoxy) is 1. The minimum Gasteiger partial charge on any atom is -0.496 e. The van der Waals surface area contributed by atoms with E-state index < -0.39 is 0 Å². The predicted octanol–water partition coefficient (Wildman–Crippen LogP) is 3.42. The van der Waals surface area contributed by atoms with Gasteiger partial charge in [-0.1, -0.05) is 30.6 Å². The van der Waals surface area contributed by atoms with Crippen LogP contribution in [0.25, 0.3) is 11.4 Å². The zero-order valence-corrected chi connectivity index (χ0v) is 13.3. The van der Waals surface area contributed by atoms with Crippen LogP contribution in [0.2, 0.25) is 5.02 Å². The van der Waals surface area contributed by atoms with Gasteiger partial charge in [0.25, 0.3) is 0 Å². The fourth-order valence-corrected chi connectivity index (χ4v) is 2.49. The number of nitrogens with two attached hydrogens (primary N) is 1. The highest BCUT2D eigenvalue weighted by Crippen LogP contribution is 2.34. The molecule has 0 aliphatic heterocycles. The van der Waals surface area contributed by atoms with E-state index >= 15 is 0 Å². The summed E-state index contributed by atoms with van der Waals surface area (Å²) < 4.78 is 10.8. The molecule has 21 heavy (non-hydrogen) atoms. The lowest BCUT2D eigenvalue weighted by molar-refractivity contribution is 0.267. The standard InChI is InChI=1S/C15H20ClN3O2/c1-4-15(5-2,9-17)14-18-13(19-21-14)11-7-6-10(16)8-12(11)20-3/h6-8H,4-5,9,17H2,1-3H3. The van der Waals surface area contributed by atoms with E-state index in [2.05, 4.69) is 24.0 Å². The van der Waals surface area contributed by atoms with E-state index in [0.717, 1.165) is 18.4 Å². The number of nitrogens with zero attached hydrogens (tertiary/aromatic N) is 2. The molecule has 2 aromatic rings. The van der Waals surface area contributed by atoms with Gasteiger partial charge in [-0.2, -0.15) is 4.98 Å². The molecule has 0 amide bonds. The number of hydrogen-bond donors (Lipinski definition) is 1. The Morgan fingerprint density at radius 3 is 2.62 bits per heavy atom. The molecule has 1 heterocycles. The maximum Gasteiger partial charge on any atom is 0.234 e. The van der Waals surface area contributed by atoms with Crippen LogP contribution in [0, 0.1) is 0 Å². The van der Waals surface area contributed by atoms with Crippen molar-refractivity contribution in [1.82, 2.24) is 10.1 Å². The molecule has 0 saturated heterocycles. The first-order valence-corrected chi connectivity index (χ1v) is 7.36. The lowest BCUT2D eigenvalue weighted by Gasteiger charge is -2.24. The molecule has 114 valence electrons. The van der Waals surface area contributed by atoms with Gasteiger partial charge in [-0.3, -0.25) is 0 Å². The zero-order valence-electron chi connectivity index (χ0n) is 12.5. The molecule has 0 aliphatic rings. The van der Waals surface area contributed by atoms with Crippen LogP contribution >= 0.6 is 11.6 Å². The lowest BCUT2D eigenvalue weighted by atomic mass is 9.82. The first-order valence-electron chi connectivity index (χ1n) is 6.98. The van der Waals surface area contributed by atoms with Crippen molar-refractivity contribution in [1.29, 1.82) is 0 Å². The molecule has 1 aromatic carbocycles. The Balaban J connectivity index is 2.45. The Bertz CT molecular complexity index is 600. The number of rotatable bonds is 6. The van der Waals surface area contributed by atoms with Crippen LogP contribution < -0.4 is 10.5 Å². The minimum atomic E-state index is -0.273. The van der Waals surface area contributed by atoms with Crippen molar-refractivity contribution >= 4 is 11.6 Å². The third-order valence-electron chi connectivity index (χ3n) is 4.03. The maximum absolute atomic E-state index is 5.97. The normalized spacial score (nSPS) is 11.7. The van der Waals surface area contributed by atoms with Crippen LogP contribution in [0.15, 0.2) is 22.7 Å². The van der Waals surface area contributed by atoms with E-state index in [1.165, 1.54) is 0 Å². The molecule has 2 N–H and O–H groups in total. The van der Waals surface area contributed by atoms with Gasteiger partial charge in [0.05, 0.1) is 18.1 Å². The van der Waals surface area contributed by atoms with Gasteiger partial charge in [-0.15, -0.1) is 0 Å². The van der Waals surface area contributed by atoms with Crippen molar-refractivity contribution in [2.24, 2.45) is 5.73 Å². The summed E-state index contributed by atoms with van der Waals surface area (Å²) in [6, 6.07) is 5.31. The van der Waals surface area contributed by atoms with Gasteiger partial charge >= 0.3 is 0 Å². The van der Waals surface area contributed by atoms with Crippen molar-refractivity contribution in [3.8, 4) is 17.1 Å². The predicted molar refractivity (Wildman–Crippen MR) is 82.6 cm³/mol. The van der Waals surface area contributed by atoms with Crippen molar-refractivity contribution in [3.63, 3.8) is 0 Å². The average Bonchev–Trinajstić information content (AvgIpc) is 2.99. The van der Waals surface area contributed by atoms with Gasteiger partial charge in [0.1, 0.15) is 5.75 Å². The van der Waals surface area contributed by atoms with Crippen molar-refractivity contribution in [3.05, 3.63) is 29.1 Å². The summed E-state index contributed by atoms with van der Waals surface area (Å²) in [6.45, 7) is 4.62. The summed E-state index contributed by atoms with van der Waals surface area (Å²) in [5, 5.41) is 4.66. The minimum absolute atomic E-state index is 0.273. The van der Waals surface area contributed by atoms with Gasteiger partial charge in [0, 0.05) is 11.6 Å². The summed E-state index contributed by atoms with van der Waals surface area (Å²) in [6.07, 6.45) is 1.69. The van der Waals surface area contributed by atoms with Crippen LogP contribution in [0.1, 0.15) is 32.6 Å². The van der Waals surface area contributed by atoms with Crippen molar-refractivity contribution < 1.29 is 9.26 Å². The largest absolute Gasteiger partial charge is 0.496 e. The van der Waals surface area contributed by atoms with E-state index in [-0.39, 0.29) is 5.41 Å². The number of hydrogen-bond acceptors (Lipinski definition) is 5. The fraction of sp³-hybridized carbons (Fsp3) is 0.467. The second-order valence-corrected chi connectivity index (χ2v) is 5.40.